The van der Waals surface area contributed by atoms with Gasteiger partial charge in [0.15, 0.2) is 0 Å². The van der Waals surface area contributed by atoms with Gasteiger partial charge in [-0.1, -0.05) is 30.3 Å². The first-order valence-electron chi connectivity index (χ1n) is 10.6. The van der Waals surface area contributed by atoms with E-state index in [2.05, 4.69) is 4.90 Å². The first-order valence-corrected chi connectivity index (χ1v) is 11.8. The largest absolute Gasteiger partial charge is 0.383 e. The van der Waals surface area contributed by atoms with Crippen LogP contribution in [0.15, 0.2) is 30.3 Å². The van der Waals surface area contributed by atoms with Crippen LogP contribution in [0.1, 0.15) is 24.8 Å². The van der Waals surface area contributed by atoms with Gasteiger partial charge in [0.1, 0.15) is 5.54 Å². The maximum Gasteiger partial charge on any atom is 0.327 e. The number of hydrogen-bond acceptors (Lipinski definition) is 5. The van der Waals surface area contributed by atoms with Crippen LogP contribution in [0.3, 0.4) is 0 Å². The van der Waals surface area contributed by atoms with E-state index in [-0.39, 0.29) is 11.9 Å². The number of imide groups is 1. The van der Waals surface area contributed by atoms with E-state index in [1.165, 1.54) is 22.8 Å². The van der Waals surface area contributed by atoms with Gasteiger partial charge in [-0.3, -0.25) is 14.6 Å². The Balaban J connectivity index is 1.48. The first kappa shape index (κ1) is 20.7. The molecule has 1 aromatic carbocycles. The van der Waals surface area contributed by atoms with E-state index in [9.17, 15) is 9.59 Å². The monoisotopic (exact) mass is 417 g/mol. The molecule has 6 nitrogen and oxygen atoms in total. The minimum absolute atomic E-state index is 0.00465. The number of benzene rings is 1. The summed E-state index contributed by atoms with van der Waals surface area (Å²) in [4.78, 5) is 32.6. The number of likely N-dealkylation sites (tertiary alicyclic amines) is 1. The molecule has 0 bridgehead atoms. The highest BCUT2D eigenvalue weighted by atomic mass is 32.2. The van der Waals surface area contributed by atoms with Gasteiger partial charge in [-0.25, -0.2) is 4.79 Å². The fraction of sp³-hybridized carbons (Fsp3) is 0.636. The fourth-order valence-corrected chi connectivity index (χ4v) is 6.17. The number of rotatable bonds is 7. The fourth-order valence-electron chi connectivity index (χ4n) is 4.91. The van der Waals surface area contributed by atoms with Crippen LogP contribution in [0.2, 0.25) is 0 Å². The predicted octanol–water partition coefficient (Wildman–Crippen LogP) is 2.48. The van der Waals surface area contributed by atoms with Gasteiger partial charge >= 0.3 is 6.03 Å². The summed E-state index contributed by atoms with van der Waals surface area (Å²) in [5, 5.41) is 0. The number of amides is 3. The molecule has 3 aliphatic rings. The zero-order valence-electron chi connectivity index (χ0n) is 17.2. The second kappa shape index (κ2) is 9.06. The molecule has 1 aromatic rings. The molecule has 4 rings (SSSR count). The molecule has 3 aliphatic heterocycles. The van der Waals surface area contributed by atoms with E-state index in [1.807, 2.05) is 47.0 Å². The van der Waals surface area contributed by atoms with Crippen LogP contribution in [0.4, 0.5) is 4.79 Å². The van der Waals surface area contributed by atoms with Crippen molar-refractivity contribution < 1.29 is 14.3 Å². The number of hydrogen-bond donors (Lipinski definition) is 0. The summed E-state index contributed by atoms with van der Waals surface area (Å²) in [5.74, 6) is 2.42. The number of urea groups is 1. The lowest BCUT2D eigenvalue weighted by Gasteiger charge is -2.43. The highest BCUT2D eigenvalue weighted by molar-refractivity contribution is 7.99. The number of carbonyl (C=O) groups excluding carboxylic acids is 2. The molecule has 0 aromatic heterocycles. The number of methoxy groups -OCH3 is 1. The van der Waals surface area contributed by atoms with E-state index in [4.69, 9.17) is 4.74 Å². The SMILES string of the molecule is COCCN1C(=O)N(CCc2ccccc2)C(=O)C12CCN([C@H]1CCSC1)CC2. The molecule has 1 atom stereocenters. The molecular weight excluding hydrogens is 386 g/mol. The van der Waals surface area contributed by atoms with E-state index >= 15 is 0 Å². The number of thioether (sulfide) groups is 1. The molecule has 1 spiro atoms. The molecule has 0 N–H and O–H groups in total. The van der Waals surface area contributed by atoms with Crippen LogP contribution in [-0.2, 0) is 16.0 Å². The molecule has 29 heavy (non-hydrogen) atoms. The Morgan fingerprint density at radius 2 is 1.90 bits per heavy atom. The molecule has 3 amide bonds. The van der Waals surface area contributed by atoms with Crippen molar-refractivity contribution in [2.24, 2.45) is 0 Å². The smallest absolute Gasteiger partial charge is 0.327 e. The summed E-state index contributed by atoms with van der Waals surface area (Å²) in [5.41, 5.74) is 0.459. The Morgan fingerprint density at radius 3 is 2.55 bits per heavy atom. The Kier molecular flexibility index (Phi) is 6.47. The van der Waals surface area contributed by atoms with Crippen molar-refractivity contribution in [3.63, 3.8) is 0 Å². The summed E-state index contributed by atoms with van der Waals surface area (Å²) in [6.07, 6.45) is 3.38. The lowest BCUT2D eigenvalue weighted by Crippen LogP contribution is -2.58. The quantitative estimate of drug-likeness (QED) is 0.638. The Hall–Kier alpha value is -1.57. The van der Waals surface area contributed by atoms with Crippen molar-refractivity contribution in [1.82, 2.24) is 14.7 Å². The van der Waals surface area contributed by atoms with Crippen molar-refractivity contribution in [3.05, 3.63) is 35.9 Å². The van der Waals surface area contributed by atoms with Crippen LogP contribution in [0, 0.1) is 0 Å². The van der Waals surface area contributed by atoms with Gasteiger partial charge in [-0.05, 0) is 37.0 Å². The number of ether oxygens (including phenoxy) is 1. The van der Waals surface area contributed by atoms with Crippen LogP contribution in [0.25, 0.3) is 0 Å². The Labute approximate surface area is 177 Å². The second-order valence-corrected chi connectivity index (χ2v) is 9.35. The molecule has 158 valence electrons. The van der Waals surface area contributed by atoms with Gasteiger partial charge in [-0.2, -0.15) is 11.8 Å². The highest BCUT2D eigenvalue weighted by Gasteiger charge is 2.57. The molecular formula is C22H31N3O3S. The standard InChI is InChI=1S/C22H31N3O3S/c1-28-15-14-25-21(27)24(11-7-18-5-3-2-4-6-18)20(26)22(25)9-12-23(13-10-22)19-8-16-29-17-19/h2-6,19H,7-17H2,1H3/t19-/m0/s1. The number of carbonyl (C=O) groups is 2. The molecule has 3 saturated heterocycles. The normalized spacial score (nSPS) is 24.8. The summed E-state index contributed by atoms with van der Waals surface area (Å²) in [7, 11) is 1.64. The topological polar surface area (TPSA) is 53.1 Å². The zero-order chi connectivity index (χ0) is 20.3. The molecule has 7 heteroatoms. The molecule has 3 fully saturated rings. The summed E-state index contributed by atoms with van der Waals surface area (Å²) < 4.78 is 5.25. The average Bonchev–Trinajstić information content (AvgIpc) is 3.35. The third kappa shape index (κ3) is 4.05. The molecule has 0 saturated carbocycles. The summed E-state index contributed by atoms with van der Waals surface area (Å²) in [6, 6.07) is 10.5. The molecule has 0 aliphatic carbocycles. The van der Waals surface area contributed by atoms with E-state index in [1.54, 1.807) is 7.11 Å². The first-order chi connectivity index (χ1) is 14.2. The molecule has 3 heterocycles. The summed E-state index contributed by atoms with van der Waals surface area (Å²) in [6.45, 7) is 3.15. The lowest BCUT2D eigenvalue weighted by molar-refractivity contribution is -0.136. The second-order valence-electron chi connectivity index (χ2n) is 8.20. The van der Waals surface area contributed by atoms with Crippen LogP contribution in [-0.4, -0.2) is 89.6 Å². The van der Waals surface area contributed by atoms with Crippen molar-refractivity contribution >= 4 is 23.7 Å². The van der Waals surface area contributed by atoms with Gasteiger partial charge in [0.05, 0.1) is 6.61 Å². The van der Waals surface area contributed by atoms with Crippen LogP contribution >= 0.6 is 11.8 Å². The summed E-state index contributed by atoms with van der Waals surface area (Å²) >= 11 is 2.02. The van der Waals surface area contributed by atoms with Crippen LogP contribution in [0.5, 0.6) is 0 Å². The maximum atomic E-state index is 13.5. The van der Waals surface area contributed by atoms with Gasteiger partial charge in [0, 0.05) is 45.1 Å². The van der Waals surface area contributed by atoms with Crippen molar-refractivity contribution in [1.29, 1.82) is 0 Å². The van der Waals surface area contributed by atoms with E-state index in [0.29, 0.717) is 32.2 Å². The maximum absolute atomic E-state index is 13.5. The third-order valence-corrected chi connectivity index (χ3v) is 7.80. The van der Waals surface area contributed by atoms with Crippen molar-refractivity contribution in [2.45, 2.75) is 37.3 Å². The number of nitrogens with zero attached hydrogens (tertiary/aromatic N) is 3. The van der Waals surface area contributed by atoms with Gasteiger partial charge < -0.3 is 9.64 Å². The highest BCUT2D eigenvalue weighted by Crippen LogP contribution is 2.38. The van der Waals surface area contributed by atoms with Gasteiger partial charge in [0.2, 0.25) is 0 Å². The predicted molar refractivity (Wildman–Crippen MR) is 115 cm³/mol. The molecule has 0 unspecified atom stereocenters. The lowest BCUT2D eigenvalue weighted by atomic mass is 9.85. The molecule has 0 radical (unpaired) electrons. The number of piperidine rings is 1. The van der Waals surface area contributed by atoms with Crippen molar-refractivity contribution in [2.75, 3.05) is 51.4 Å². The van der Waals surface area contributed by atoms with Crippen molar-refractivity contribution in [3.8, 4) is 0 Å². The van der Waals surface area contributed by atoms with E-state index in [0.717, 1.165) is 31.5 Å². The van der Waals surface area contributed by atoms with E-state index < -0.39 is 5.54 Å². The Bertz CT molecular complexity index is 715. The third-order valence-electron chi connectivity index (χ3n) is 6.65. The zero-order valence-corrected chi connectivity index (χ0v) is 18.0. The minimum atomic E-state index is -0.686. The average molecular weight is 418 g/mol. The van der Waals surface area contributed by atoms with Gasteiger partial charge in [-0.15, -0.1) is 0 Å². The van der Waals surface area contributed by atoms with Gasteiger partial charge in [0.25, 0.3) is 5.91 Å². The minimum Gasteiger partial charge on any atom is -0.383 e. The Morgan fingerprint density at radius 1 is 1.14 bits per heavy atom. The van der Waals surface area contributed by atoms with Crippen LogP contribution < -0.4 is 0 Å².